The number of carbonyl (C=O) groups excluding carboxylic acids is 2. The molecule has 5 nitrogen and oxygen atoms in total. The lowest BCUT2D eigenvalue weighted by molar-refractivity contribution is -0.122. The molecule has 0 radical (unpaired) electrons. The van der Waals surface area contributed by atoms with Crippen LogP contribution in [0.15, 0.2) is 54.6 Å². The summed E-state index contributed by atoms with van der Waals surface area (Å²) >= 11 is 0. The molecule has 0 bridgehead atoms. The summed E-state index contributed by atoms with van der Waals surface area (Å²) in [5.74, 6) is 0.234. The van der Waals surface area contributed by atoms with Crippen LogP contribution in [-0.4, -0.2) is 25.5 Å². The van der Waals surface area contributed by atoms with Crippen LogP contribution in [0, 0.1) is 5.92 Å². The fraction of sp³-hybridized carbons (Fsp3) is 0.250. The highest BCUT2D eigenvalue weighted by molar-refractivity contribution is 6.08. The molecule has 0 saturated carbocycles. The number of anilines is 2. The third-order valence-electron chi connectivity index (χ3n) is 6.01. The molecular weight excluding hydrogens is 364 g/mol. The summed E-state index contributed by atoms with van der Waals surface area (Å²) in [4.78, 5) is 27.2. The maximum Gasteiger partial charge on any atom is 0.229 e. The second kappa shape index (κ2) is 6.92. The third-order valence-corrected chi connectivity index (χ3v) is 6.01. The molecule has 2 amide bonds. The fourth-order valence-electron chi connectivity index (χ4n) is 4.49. The Bertz CT molecular complexity index is 1110. The van der Waals surface area contributed by atoms with E-state index in [1.54, 1.807) is 12.0 Å². The minimum absolute atomic E-state index is 0.0317. The van der Waals surface area contributed by atoms with E-state index in [2.05, 4.69) is 23.5 Å². The van der Waals surface area contributed by atoms with E-state index in [0.29, 0.717) is 6.54 Å². The Morgan fingerprint density at radius 3 is 2.55 bits per heavy atom. The van der Waals surface area contributed by atoms with Crippen molar-refractivity contribution in [3.8, 4) is 5.75 Å². The van der Waals surface area contributed by atoms with Crippen LogP contribution in [0.2, 0.25) is 0 Å². The number of hydrogen-bond donors (Lipinski definition) is 1. The van der Waals surface area contributed by atoms with Crippen LogP contribution in [0.25, 0.3) is 10.8 Å². The molecule has 1 atom stereocenters. The number of benzene rings is 3. The van der Waals surface area contributed by atoms with Gasteiger partial charge >= 0.3 is 0 Å². The van der Waals surface area contributed by atoms with Gasteiger partial charge in [-0.1, -0.05) is 24.3 Å². The van der Waals surface area contributed by atoms with Gasteiger partial charge in [0.1, 0.15) is 5.75 Å². The Morgan fingerprint density at radius 1 is 1.03 bits per heavy atom. The molecule has 1 aliphatic carbocycles. The van der Waals surface area contributed by atoms with Crippen LogP contribution in [-0.2, 0) is 22.4 Å². The van der Waals surface area contributed by atoms with Crippen molar-refractivity contribution in [2.45, 2.75) is 19.3 Å². The summed E-state index contributed by atoms with van der Waals surface area (Å²) in [6.07, 6.45) is 2.33. The van der Waals surface area contributed by atoms with E-state index >= 15 is 0 Å². The summed E-state index contributed by atoms with van der Waals surface area (Å²) in [6, 6.07) is 17.7. The predicted octanol–water partition coefficient (Wildman–Crippen LogP) is 3.94. The number of aryl methyl sites for hydroxylation is 2. The van der Waals surface area contributed by atoms with Gasteiger partial charge in [-0.2, -0.15) is 0 Å². The smallest absolute Gasteiger partial charge is 0.229 e. The average molecular weight is 386 g/mol. The summed E-state index contributed by atoms with van der Waals surface area (Å²) < 4.78 is 5.17. The Hall–Kier alpha value is -3.34. The fourth-order valence-corrected chi connectivity index (χ4v) is 4.49. The zero-order valence-electron chi connectivity index (χ0n) is 16.3. The summed E-state index contributed by atoms with van der Waals surface area (Å²) in [5, 5.41) is 5.44. The minimum atomic E-state index is -0.368. The number of nitrogens with one attached hydrogen (secondary N) is 1. The Balaban J connectivity index is 1.36. The first-order valence-electron chi connectivity index (χ1n) is 9.93. The molecule has 1 saturated heterocycles. The first-order chi connectivity index (χ1) is 14.1. The number of nitrogens with zero attached hydrogens (tertiary/aromatic N) is 1. The highest BCUT2D eigenvalue weighted by Gasteiger charge is 2.35. The molecule has 29 heavy (non-hydrogen) atoms. The van der Waals surface area contributed by atoms with Gasteiger partial charge in [-0.3, -0.25) is 9.59 Å². The van der Waals surface area contributed by atoms with Crippen LogP contribution < -0.4 is 15.0 Å². The van der Waals surface area contributed by atoms with Gasteiger partial charge in [0, 0.05) is 29.7 Å². The van der Waals surface area contributed by atoms with E-state index < -0.39 is 0 Å². The third kappa shape index (κ3) is 3.03. The quantitative estimate of drug-likeness (QED) is 0.739. The Kier molecular flexibility index (Phi) is 4.23. The molecule has 0 spiro atoms. The molecule has 1 fully saturated rings. The van der Waals surface area contributed by atoms with Gasteiger partial charge in [0.25, 0.3) is 0 Å². The van der Waals surface area contributed by atoms with Crippen LogP contribution in [0.5, 0.6) is 5.75 Å². The Labute approximate surface area is 169 Å². The second-order valence-corrected chi connectivity index (χ2v) is 7.70. The molecule has 3 aromatic rings. The van der Waals surface area contributed by atoms with Gasteiger partial charge < -0.3 is 15.0 Å². The lowest BCUT2D eigenvalue weighted by Gasteiger charge is -2.17. The molecule has 0 aromatic heterocycles. The van der Waals surface area contributed by atoms with Gasteiger partial charge in [-0.15, -0.1) is 0 Å². The zero-order valence-corrected chi connectivity index (χ0v) is 16.3. The van der Waals surface area contributed by atoms with Gasteiger partial charge in [0.15, 0.2) is 0 Å². The van der Waals surface area contributed by atoms with Gasteiger partial charge in [0.2, 0.25) is 11.8 Å². The van der Waals surface area contributed by atoms with Gasteiger partial charge in [-0.05, 0) is 59.7 Å². The second-order valence-electron chi connectivity index (χ2n) is 7.70. The van der Waals surface area contributed by atoms with E-state index in [0.717, 1.165) is 35.4 Å². The molecule has 5 rings (SSSR count). The molecule has 0 unspecified atom stereocenters. The molecule has 5 heteroatoms. The van der Waals surface area contributed by atoms with Crippen LogP contribution in [0.4, 0.5) is 11.4 Å². The van der Waals surface area contributed by atoms with Crippen molar-refractivity contribution in [3.05, 3.63) is 65.7 Å². The maximum atomic E-state index is 13.0. The molecule has 3 aromatic carbocycles. The number of methoxy groups -OCH3 is 1. The molecule has 2 aliphatic rings. The predicted molar refractivity (Wildman–Crippen MR) is 113 cm³/mol. The standard InChI is InChI=1S/C24H22N2O3/c1-29-19-10-8-18(9-11-19)26-14-17(13-22(26)27)24(28)25-21-12-7-16-6-5-15-3-2-4-20(21)23(15)16/h2-4,7-12,17H,5-6,13-14H2,1H3,(H,25,28)/t17-/m0/s1. The van der Waals surface area contributed by atoms with E-state index in [1.807, 2.05) is 36.4 Å². The normalized spacial score (nSPS) is 17.8. The summed E-state index contributed by atoms with van der Waals surface area (Å²) in [5.41, 5.74) is 4.30. The molecule has 1 aliphatic heterocycles. The van der Waals surface area contributed by atoms with Crippen LogP contribution in [0.1, 0.15) is 17.5 Å². The van der Waals surface area contributed by atoms with Crippen molar-refractivity contribution < 1.29 is 14.3 Å². The number of rotatable bonds is 4. The van der Waals surface area contributed by atoms with Crippen LogP contribution >= 0.6 is 0 Å². The average Bonchev–Trinajstić information content (AvgIpc) is 3.35. The maximum absolute atomic E-state index is 13.0. The number of amides is 2. The highest BCUT2D eigenvalue weighted by Crippen LogP contribution is 2.35. The first kappa shape index (κ1) is 17.7. The monoisotopic (exact) mass is 386 g/mol. The topological polar surface area (TPSA) is 58.6 Å². The molecule has 1 heterocycles. The summed E-state index contributed by atoms with van der Waals surface area (Å²) in [6.45, 7) is 0.387. The van der Waals surface area contributed by atoms with Gasteiger partial charge in [-0.25, -0.2) is 0 Å². The summed E-state index contributed by atoms with van der Waals surface area (Å²) in [7, 11) is 1.61. The van der Waals surface area contributed by atoms with Crippen molar-refractivity contribution in [2.24, 2.45) is 5.92 Å². The minimum Gasteiger partial charge on any atom is -0.497 e. The number of hydrogen-bond acceptors (Lipinski definition) is 3. The van der Waals surface area contributed by atoms with Gasteiger partial charge in [0.05, 0.1) is 13.0 Å². The van der Waals surface area contributed by atoms with Crippen molar-refractivity contribution in [1.82, 2.24) is 0 Å². The van der Waals surface area contributed by atoms with E-state index in [-0.39, 0.29) is 24.2 Å². The Morgan fingerprint density at radius 2 is 1.79 bits per heavy atom. The molecular formula is C24H22N2O3. The van der Waals surface area contributed by atoms with Crippen molar-refractivity contribution >= 4 is 34.0 Å². The van der Waals surface area contributed by atoms with E-state index in [1.165, 1.54) is 16.5 Å². The number of carbonyl (C=O) groups is 2. The molecule has 1 N–H and O–H groups in total. The van der Waals surface area contributed by atoms with E-state index in [4.69, 9.17) is 4.74 Å². The zero-order chi connectivity index (χ0) is 20.0. The lowest BCUT2D eigenvalue weighted by Crippen LogP contribution is -2.28. The van der Waals surface area contributed by atoms with Crippen molar-refractivity contribution in [1.29, 1.82) is 0 Å². The van der Waals surface area contributed by atoms with E-state index in [9.17, 15) is 9.59 Å². The first-order valence-corrected chi connectivity index (χ1v) is 9.93. The lowest BCUT2D eigenvalue weighted by atomic mass is 10.0. The highest BCUT2D eigenvalue weighted by atomic mass is 16.5. The number of ether oxygens (including phenoxy) is 1. The largest absolute Gasteiger partial charge is 0.497 e. The van der Waals surface area contributed by atoms with Crippen LogP contribution in [0.3, 0.4) is 0 Å². The van der Waals surface area contributed by atoms with Crippen molar-refractivity contribution in [3.63, 3.8) is 0 Å². The molecule has 146 valence electrons. The van der Waals surface area contributed by atoms with Crippen molar-refractivity contribution in [2.75, 3.05) is 23.9 Å². The SMILES string of the molecule is COc1ccc(N2C[C@@H](C(=O)Nc3ccc4c5c(cccc35)CC4)CC2=O)cc1.